The van der Waals surface area contributed by atoms with Crippen molar-refractivity contribution in [2.24, 2.45) is 0 Å². The number of rotatable bonds is 3. The highest BCUT2D eigenvalue weighted by Gasteiger charge is 2.29. The van der Waals surface area contributed by atoms with Crippen LogP contribution in [-0.2, 0) is 13.0 Å². The number of hydrogen-bond acceptors (Lipinski definition) is 5. The zero-order chi connectivity index (χ0) is 19.0. The predicted octanol–water partition coefficient (Wildman–Crippen LogP) is 4.26. The lowest BCUT2D eigenvalue weighted by atomic mass is 9.96. The van der Waals surface area contributed by atoms with E-state index < -0.39 is 0 Å². The normalized spacial score (nSPS) is 20.2. The molecule has 1 aromatic heterocycles. The van der Waals surface area contributed by atoms with Crippen LogP contribution in [0, 0.1) is 17.0 Å². The minimum Gasteiger partial charge on any atom is -0.370 e. The first-order valence-electron chi connectivity index (χ1n) is 9.66. The van der Waals surface area contributed by atoms with Crippen LogP contribution in [-0.4, -0.2) is 32.8 Å². The first kappa shape index (κ1) is 18.2. The van der Waals surface area contributed by atoms with E-state index in [4.69, 9.17) is 11.6 Å². The number of fused-ring (bicyclic) bond motifs is 1. The highest BCUT2D eigenvalue weighted by atomic mass is 35.5. The fourth-order valence-corrected chi connectivity index (χ4v) is 4.59. The first-order valence-corrected chi connectivity index (χ1v) is 10.0. The molecule has 2 aliphatic rings. The topological polar surface area (TPSA) is 77.1 Å². The lowest BCUT2D eigenvalue weighted by Gasteiger charge is -2.34. The number of anilines is 1. The van der Waals surface area contributed by atoms with Gasteiger partial charge in [-0.05, 0) is 38.7 Å². The third kappa shape index (κ3) is 3.52. The van der Waals surface area contributed by atoms with Gasteiger partial charge in [-0.15, -0.1) is 10.2 Å². The van der Waals surface area contributed by atoms with Gasteiger partial charge in [0, 0.05) is 43.6 Å². The summed E-state index contributed by atoms with van der Waals surface area (Å²) in [5.41, 5.74) is 1.58. The highest BCUT2D eigenvalue weighted by Crippen LogP contribution is 2.37. The van der Waals surface area contributed by atoms with E-state index in [1.165, 1.54) is 25.3 Å². The van der Waals surface area contributed by atoms with Crippen LogP contribution in [0.3, 0.4) is 0 Å². The van der Waals surface area contributed by atoms with Crippen molar-refractivity contribution in [3.63, 3.8) is 0 Å². The van der Waals surface area contributed by atoms with Crippen LogP contribution in [0.15, 0.2) is 12.1 Å². The Morgan fingerprint density at radius 3 is 2.85 bits per heavy atom. The van der Waals surface area contributed by atoms with Crippen molar-refractivity contribution in [2.45, 2.75) is 57.9 Å². The van der Waals surface area contributed by atoms with Gasteiger partial charge in [0.25, 0.3) is 5.69 Å². The van der Waals surface area contributed by atoms with Gasteiger partial charge >= 0.3 is 0 Å². The molecule has 0 saturated carbocycles. The number of nitro benzene ring substituents is 1. The molecule has 0 N–H and O–H groups in total. The molecule has 1 atom stereocenters. The quantitative estimate of drug-likeness (QED) is 0.579. The number of nitro groups is 1. The van der Waals surface area contributed by atoms with E-state index in [9.17, 15) is 10.1 Å². The average Bonchev–Trinajstić information content (AvgIpc) is 2.91. The molecule has 2 aliphatic heterocycles. The number of aryl methyl sites for hydroxylation is 2. The number of hydrogen-bond donors (Lipinski definition) is 0. The maximum absolute atomic E-state index is 11.1. The molecular formula is C19H24ClN5O2. The molecule has 0 aliphatic carbocycles. The van der Waals surface area contributed by atoms with E-state index in [-0.39, 0.29) is 10.6 Å². The summed E-state index contributed by atoms with van der Waals surface area (Å²) >= 11 is 6.41. The summed E-state index contributed by atoms with van der Waals surface area (Å²) in [6.45, 7) is 4.48. The summed E-state index contributed by atoms with van der Waals surface area (Å²) in [4.78, 5) is 13.0. The fourth-order valence-electron chi connectivity index (χ4n) is 4.31. The van der Waals surface area contributed by atoms with Crippen molar-refractivity contribution in [3.8, 4) is 0 Å². The van der Waals surface area contributed by atoms with Crippen LogP contribution in [0.2, 0.25) is 5.02 Å². The van der Waals surface area contributed by atoms with E-state index in [0.717, 1.165) is 56.2 Å². The fraction of sp³-hybridized carbons (Fsp3) is 0.579. The number of halogens is 1. The average molecular weight is 390 g/mol. The van der Waals surface area contributed by atoms with E-state index in [2.05, 4.69) is 19.7 Å². The van der Waals surface area contributed by atoms with Gasteiger partial charge in [0.05, 0.1) is 15.6 Å². The Morgan fingerprint density at radius 1 is 1.19 bits per heavy atom. The molecule has 0 spiro atoms. The van der Waals surface area contributed by atoms with Gasteiger partial charge in [-0.3, -0.25) is 10.1 Å². The Balaban J connectivity index is 1.60. The van der Waals surface area contributed by atoms with Gasteiger partial charge in [0.15, 0.2) is 0 Å². The maximum atomic E-state index is 11.1. The second-order valence-corrected chi connectivity index (χ2v) is 7.98. The van der Waals surface area contributed by atoms with E-state index in [0.29, 0.717) is 16.5 Å². The van der Waals surface area contributed by atoms with E-state index in [1.54, 1.807) is 6.92 Å². The number of aromatic nitrogens is 3. The summed E-state index contributed by atoms with van der Waals surface area (Å²) in [5.74, 6) is 2.51. The number of benzene rings is 1. The van der Waals surface area contributed by atoms with Crippen molar-refractivity contribution in [2.75, 3.05) is 18.0 Å². The van der Waals surface area contributed by atoms with Gasteiger partial charge in [-0.1, -0.05) is 18.0 Å². The second-order valence-electron chi connectivity index (χ2n) is 7.57. The standard InChI is InChI=1S/C19H24ClN5O2/c1-13-10-17(15(20)11-16(13)25(26)27)23-8-5-6-14(12-23)19-22-21-18-7-3-2-4-9-24(18)19/h10-11,14H,2-9,12H2,1H3/t14-/m0/s1. The van der Waals surface area contributed by atoms with Crippen LogP contribution in [0.5, 0.6) is 0 Å². The number of piperidine rings is 1. The van der Waals surface area contributed by atoms with Crippen LogP contribution in [0.4, 0.5) is 11.4 Å². The molecule has 4 rings (SSSR count). The van der Waals surface area contributed by atoms with Gasteiger partial charge in [0.2, 0.25) is 0 Å². The molecule has 0 bridgehead atoms. The molecular weight excluding hydrogens is 366 g/mol. The van der Waals surface area contributed by atoms with Gasteiger partial charge in [-0.2, -0.15) is 0 Å². The zero-order valence-electron chi connectivity index (χ0n) is 15.5. The third-order valence-electron chi connectivity index (χ3n) is 5.73. The molecule has 0 unspecified atom stereocenters. The van der Waals surface area contributed by atoms with Crippen molar-refractivity contribution >= 4 is 23.0 Å². The molecule has 8 heteroatoms. The van der Waals surface area contributed by atoms with Gasteiger partial charge < -0.3 is 9.47 Å². The van der Waals surface area contributed by atoms with E-state index >= 15 is 0 Å². The molecule has 0 radical (unpaired) electrons. The van der Waals surface area contributed by atoms with Crippen LogP contribution in [0.1, 0.15) is 55.2 Å². The smallest absolute Gasteiger partial charge is 0.273 e. The molecule has 1 aromatic carbocycles. The molecule has 27 heavy (non-hydrogen) atoms. The van der Waals surface area contributed by atoms with Crippen molar-refractivity contribution < 1.29 is 4.92 Å². The monoisotopic (exact) mass is 389 g/mol. The van der Waals surface area contributed by atoms with Gasteiger partial charge in [-0.25, -0.2) is 0 Å². The molecule has 1 fully saturated rings. The summed E-state index contributed by atoms with van der Waals surface area (Å²) in [7, 11) is 0. The Labute approximate surface area is 163 Å². The lowest BCUT2D eigenvalue weighted by molar-refractivity contribution is -0.385. The summed E-state index contributed by atoms with van der Waals surface area (Å²) < 4.78 is 2.32. The maximum Gasteiger partial charge on any atom is 0.273 e. The Kier molecular flexibility index (Phi) is 5.04. The predicted molar refractivity (Wildman–Crippen MR) is 105 cm³/mol. The third-order valence-corrected chi connectivity index (χ3v) is 6.03. The van der Waals surface area contributed by atoms with Gasteiger partial charge in [0.1, 0.15) is 11.6 Å². The Bertz CT molecular complexity index is 866. The number of nitrogens with zero attached hydrogens (tertiary/aromatic N) is 5. The first-order chi connectivity index (χ1) is 13.0. The molecule has 7 nitrogen and oxygen atoms in total. The zero-order valence-corrected chi connectivity index (χ0v) is 16.3. The Morgan fingerprint density at radius 2 is 2.04 bits per heavy atom. The largest absolute Gasteiger partial charge is 0.370 e. The highest BCUT2D eigenvalue weighted by molar-refractivity contribution is 6.33. The van der Waals surface area contributed by atoms with Crippen molar-refractivity contribution in [1.82, 2.24) is 14.8 Å². The van der Waals surface area contributed by atoms with Crippen LogP contribution >= 0.6 is 11.6 Å². The molecule has 144 valence electrons. The van der Waals surface area contributed by atoms with Crippen molar-refractivity contribution in [1.29, 1.82) is 0 Å². The minimum atomic E-state index is -0.379. The van der Waals surface area contributed by atoms with Crippen LogP contribution in [0.25, 0.3) is 0 Å². The van der Waals surface area contributed by atoms with Crippen molar-refractivity contribution in [3.05, 3.63) is 44.5 Å². The molecule has 3 heterocycles. The summed E-state index contributed by atoms with van der Waals surface area (Å²) in [5, 5.41) is 20.6. The molecule has 1 saturated heterocycles. The second kappa shape index (κ2) is 7.46. The van der Waals surface area contributed by atoms with Crippen LogP contribution < -0.4 is 4.90 Å². The minimum absolute atomic E-state index is 0.0695. The molecule has 0 amide bonds. The lowest BCUT2D eigenvalue weighted by Crippen LogP contribution is -2.35. The SMILES string of the molecule is Cc1cc(N2CCC[C@H](c3nnc4n3CCCCC4)C2)c(Cl)cc1[N+](=O)[O-]. The van der Waals surface area contributed by atoms with E-state index in [1.807, 2.05) is 6.07 Å². The molecule has 2 aromatic rings. The summed E-state index contributed by atoms with van der Waals surface area (Å²) in [6.07, 6.45) is 6.75. The summed E-state index contributed by atoms with van der Waals surface area (Å²) in [6, 6.07) is 3.31. The Hall–Kier alpha value is -2.15.